The van der Waals surface area contributed by atoms with Crippen LogP contribution in [0.25, 0.3) is 0 Å². The SMILES string of the molecule is Cc1ccc(C)c(OCC(O)CN(Cc2ccco2)Cc2ccco2)c1C. The molecule has 0 aliphatic carbocycles. The average Bonchev–Trinajstić information content (AvgIpc) is 3.32. The van der Waals surface area contributed by atoms with Gasteiger partial charge in [-0.15, -0.1) is 0 Å². The van der Waals surface area contributed by atoms with Gasteiger partial charge in [-0.05, 0) is 61.7 Å². The van der Waals surface area contributed by atoms with E-state index >= 15 is 0 Å². The number of hydrogen-bond acceptors (Lipinski definition) is 5. The van der Waals surface area contributed by atoms with E-state index in [1.165, 1.54) is 5.56 Å². The molecule has 2 heterocycles. The summed E-state index contributed by atoms with van der Waals surface area (Å²) in [5.74, 6) is 2.55. The quantitative estimate of drug-likeness (QED) is 0.611. The van der Waals surface area contributed by atoms with Gasteiger partial charge in [-0.2, -0.15) is 0 Å². The number of benzene rings is 1. The zero-order valence-corrected chi connectivity index (χ0v) is 16.1. The van der Waals surface area contributed by atoms with Crippen molar-refractivity contribution in [3.05, 3.63) is 77.1 Å². The van der Waals surface area contributed by atoms with Crippen molar-refractivity contribution >= 4 is 0 Å². The lowest BCUT2D eigenvalue weighted by atomic mass is 10.1. The van der Waals surface area contributed by atoms with Crippen LogP contribution >= 0.6 is 0 Å². The summed E-state index contributed by atoms with van der Waals surface area (Å²) in [7, 11) is 0. The van der Waals surface area contributed by atoms with E-state index in [9.17, 15) is 5.11 Å². The maximum absolute atomic E-state index is 10.6. The molecule has 0 amide bonds. The maximum Gasteiger partial charge on any atom is 0.125 e. The molecule has 1 atom stereocenters. The zero-order valence-electron chi connectivity index (χ0n) is 16.1. The number of furan rings is 2. The Hall–Kier alpha value is -2.50. The predicted octanol–water partition coefficient (Wildman–Crippen LogP) is 4.24. The standard InChI is InChI=1S/C22H27NO4/c1-16-8-9-17(2)22(18(16)3)27-15-19(24)12-23(13-20-6-4-10-25-20)14-21-7-5-11-26-21/h4-11,19,24H,12-15H2,1-3H3. The van der Waals surface area contributed by atoms with Crippen molar-refractivity contribution in [2.75, 3.05) is 13.2 Å². The fourth-order valence-corrected chi connectivity index (χ4v) is 3.11. The first-order valence-electron chi connectivity index (χ1n) is 9.17. The molecule has 0 spiro atoms. The second-order valence-electron chi connectivity index (χ2n) is 6.95. The Morgan fingerprint density at radius 2 is 1.52 bits per heavy atom. The molecule has 1 unspecified atom stereocenters. The van der Waals surface area contributed by atoms with Crippen molar-refractivity contribution in [3.8, 4) is 5.75 Å². The van der Waals surface area contributed by atoms with Crippen LogP contribution < -0.4 is 4.74 Å². The fraction of sp³-hybridized carbons (Fsp3) is 0.364. The number of aliphatic hydroxyl groups excluding tert-OH is 1. The Bertz CT molecular complexity index is 788. The van der Waals surface area contributed by atoms with Gasteiger partial charge in [0.1, 0.15) is 30.0 Å². The molecule has 0 radical (unpaired) electrons. The van der Waals surface area contributed by atoms with E-state index in [1.807, 2.05) is 44.2 Å². The van der Waals surface area contributed by atoms with Gasteiger partial charge >= 0.3 is 0 Å². The topological polar surface area (TPSA) is 59.0 Å². The van der Waals surface area contributed by atoms with Crippen molar-refractivity contribution < 1.29 is 18.7 Å². The molecule has 1 N–H and O–H groups in total. The van der Waals surface area contributed by atoms with Gasteiger partial charge in [-0.1, -0.05) is 12.1 Å². The average molecular weight is 369 g/mol. The summed E-state index contributed by atoms with van der Waals surface area (Å²) in [5.41, 5.74) is 3.38. The lowest BCUT2D eigenvalue weighted by Crippen LogP contribution is -2.35. The van der Waals surface area contributed by atoms with Crippen molar-refractivity contribution in [2.45, 2.75) is 40.0 Å². The molecule has 3 aromatic rings. The van der Waals surface area contributed by atoms with E-state index < -0.39 is 6.10 Å². The number of aliphatic hydroxyl groups is 1. The van der Waals surface area contributed by atoms with Crippen LogP contribution in [0.4, 0.5) is 0 Å². The second kappa shape index (κ2) is 8.93. The summed E-state index contributed by atoms with van der Waals surface area (Å²) in [6, 6.07) is 11.7. The Labute approximate surface area is 160 Å². The molecule has 0 aliphatic rings. The molecule has 0 bridgehead atoms. The highest BCUT2D eigenvalue weighted by Gasteiger charge is 2.17. The summed E-state index contributed by atoms with van der Waals surface area (Å²) in [4.78, 5) is 2.08. The maximum atomic E-state index is 10.6. The second-order valence-corrected chi connectivity index (χ2v) is 6.95. The van der Waals surface area contributed by atoms with E-state index in [0.717, 1.165) is 28.4 Å². The highest BCUT2D eigenvalue weighted by Crippen LogP contribution is 2.26. The minimum Gasteiger partial charge on any atom is -0.490 e. The number of rotatable bonds is 9. The molecule has 0 aliphatic heterocycles. The molecule has 5 nitrogen and oxygen atoms in total. The van der Waals surface area contributed by atoms with Crippen LogP contribution in [-0.4, -0.2) is 29.3 Å². The Balaban J connectivity index is 1.61. The van der Waals surface area contributed by atoms with Crippen LogP contribution in [0.5, 0.6) is 5.75 Å². The highest BCUT2D eigenvalue weighted by atomic mass is 16.5. The van der Waals surface area contributed by atoms with Gasteiger partial charge in [-0.3, -0.25) is 4.90 Å². The van der Waals surface area contributed by atoms with Gasteiger partial charge in [0.15, 0.2) is 0 Å². The molecule has 1 aromatic carbocycles. The van der Waals surface area contributed by atoms with Crippen LogP contribution in [0.3, 0.4) is 0 Å². The van der Waals surface area contributed by atoms with E-state index in [-0.39, 0.29) is 6.61 Å². The summed E-state index contributed by atoms with van der Waals surface area (Å²) >= 11 is 0. The predicted molar refractivity (Wildman–Crippen MR) is 104 cm³/mol. The Morgan fingerprint density at radius 1 is 0.926 bits per heavy atom. The summed E-state index contributed by atoms with van der Waals surface area (Å²) in [6.45, 7) is 7.99. The third-order valence-corrected chi connectivity index (χ3v) is 4.68. The Kier molecular flexibility index (Phi) is 6.37. The van der Waals surface area contributed by atoms with Gasteiger partial charge in [0, 0.05) is 6.54 Å². The van der Waals surface area contributed by atoms with Crippen molar-refractivity contribution in [1.82, 2.24) is 4.90 Å². The first-order chi connectivity index (χ1) is 13.0. The molecule has 2 aromatic heterocycles. The van der Waals surface area contributed by atoms with Gasteiger partial charge in [-0.25, -0.2) is 0 Å². The van der Waals surface area contributed by atoms with Gasteiger partial charge in [0.2, 0.25) is 0 Å². The molecular formula is C22H27NO4. The lowest BCUT2D eigenvalue weighted by Gasteiger charge is -2.24. The number of nitrogens with zero attached hydrogens (tertiary/aromatic N) is 1. The van der Waals surface area contributed by atoms with Crippen LogP contribution in [-0.2, 0) is 13.1 Å². The summed E-state index contributed by atoms with van der Waals surface area (Å²) < 4.78 is 16.9. The molecule has 144 valence electrons. The highest BCUT2D eigenvalue weighted by molar-refractivity contribution is 5.44. The van der Waals surface area contributed by atoms with Crippen LogP contribution in [0.1, 0.15) is 28.2 Å². The Morgan fingerprint density at radius 3 is 2.07 bits per heavy atom. The van der Waals surface area contributed by atoms with E-state index in [2.05, 4.69) is 17.9 Å². The number of ether oxygens (including phenoxy) is 1. The molecule has 3 rings (SSSR count). The largest absolute Gasteiger partial charge is 0.490 e. The van der Waals surface area contributed by atoms with Crippen LogP contribution in [0, 0.1) is 20.8 Å². The summed E-state index contributed by atoms with van der Waals surface area (Å²) in [6.07, 6.45) is 2.68. The van der Waals surface area contributed by atoms with Gasteiger partial charge in [0.05, 0.1) is 25.6 Å². The lowest BCUT2D eigenvalue weighted by molar-refractivity contribution is 0.0576. The van der Waals surface area contributed by atoms with Crippen LogP contribution in [0.15, 0.2) is 57.8 Å². The molecule has 5 heteroatoms. The van der Waals surface area contributed by atoms with Crippen LogP contribution in [0.2, 0.25) is 0 Å². The van der Waals surface area contributed by atoms with Crippen molar-refractivity contribution in [3.63, 3.8) is 0 Å². The third-order valence-electron chi connectivity index (χ3n) is 4.68. The first kappa shape index (κ1) is 19.3. The molecular weight excluding hydrogens is 342 g/mol. The van der Waals surface area contributed by atoms with E-state index in [1.54, 1.807) is 12.5 Å². The monoisotopic (exact) mass is 369 g/mol. The molecule has 0 fully saturated rings. The van der Waals surface area contributed by atoms with Crippen molar-refractivity contribution in [2.24, 2.45) is 0 Å². The molecule has 27 heavy (non-hydrogen) atoms. The third kappa shape index (κ3) is 5.25. The van der Waals surface area contributed by atoms with E-state index in [4.69, 9.17) is 13.6 Å². The fourth-order valence-electron chi connectivity index (χ4n) is 3.11. The first-order valence-corrected chi connectivity index (χ1v) is 9.17. The number of aryl methyl sites for hydroxylation is 2. The molecule has 0 saturated carbocycles. The van der Waals surface area contributed by atoms with E-state index in [0.29, 0.717) is 19.6 Å². The van der Waals surface area contributed by atoms with Crippen molar-refractivity contribution in [1.29, 1.82) is 0 Å². The number of hydrogen-bond donors (Lipinski definition) is 1. The zero-order chi connectivity index (χ0) is 19.2. The minimum atomic E-state index is -0.630. The van der Waals surface area contributed by atoms with Gasteiger partial charge in [0.25, 0.3) is 0 Å². The molecule has 0 saturated heterocycles. The summed E-state index contributed by atoms with van der Waals surface area (Å²) in [5, 5.41) is 10.6. The minimum absolute atomic E-state index is 0.234. The smallest absolute Gasteiger partial charge is 0.125 e. The van der Waals surface area contributed by atoms with Gasteiger partial charge < -0.3 is 18.7 Å². The normalized spacial score (nSPS) is 12.5.